The number of nitrogens with zero attached hydrogens (tertiary/aromatic N) is 1. The lowest BCUT2D eigenvalue weighted by Gasteiger charge is -2.38. The van der Waals surface area contributed by atoms with Crippen LogP contribution >= 0.6 is 11.8 Å². The fraction of sp³-hybridized carbons (Fsp3) is 0.350. The molecule has 1 aromatic carbocycles. The Kier molecular flexibility index (Phi) is 4.22. The number of anilines is 1. The van der Waals surface area contributed by atoms with Gasteiger partial charge in [0.05, 0.1) is 5.56 Å². The monoisotopic (exact) mass is 385 g/mol. The minimum absolute atomic E-state index is 0.0120. The molecule has 140 valence electrons. The number of carbonyl (C=O) groups is 1. The van der Waals surface area contributed by atoms with Crippen LogP contribution in [0.5, 0.6) is 0 Å². The fourth-order valence-electron chi connectivity index (χ4n) is 4.01. The van der Waals surface area contributed by atoms with E-state index in [1.54, 1.807) is 12.1 Å². The lowest BCUT2D eigenvalue weighted by molar-refractivity contribution is -0.118. The predicted octanol–water partition coefficient (Wildman–Crippen LogP) is 3.83. The molecule has 1 unspecified atom stereocenters. The average molecular weight is 385 g/mol. The third-order valence-electron chi connectivity index (χ3n) is 5.08. The molecule has 1 aromatic heterocycles. The van der Waals surface area contributed by atoms with Gasteiger partial charge in [-0.1, -0.05) is 37.7 Å². The summed E-state index contributed by atoms with van der Waals surface area (Å²) in [5.74, 6) is -0.588. The number of H-pyrrole nitrogens is 1. The van der Waals surface area contributed by atoms with Crippen LogP contribution in [0.4, 0.5) is 10.2 Å². The minimum atomic E-state index is -0.622. The predicted molar refractivity (Wildman–Crippen MR) is 104 cm³/mol. The zero-order valence-corrected chi connectivity index (χ0v) is 16.2. The van der Waals surface area contributed by atoms with E-state index in [-0.39, 0.29) is 16.8 Å². The largest absolute Gasteiger partial charge is 0.343 e. The van der Waals surface area contributed by atoms with Gasteiger partial charge in [0, 0.05) is 23.6 Å². The first-order valence-electron chi connectivity index (χ1n) is 8.76. The summed E-state index contributed by atoms with van der Waals surface area (Å²) in [7, 11) is 0. The van der Waals surface area contributed by atoms with Crippen molar-refractivity contribution in [3.8, 4) is 0 Å². The number of benzene rings is 1. The minimum Gasteiger partial charge on any atom is -0.343 e. The van der Waals surface area contributed by atoms with Gasteiger partial charge in [0.15, 0.2) is 10.9 Å². The summed E-state index contributed by atoms with van der Waals surface area (Å²) in [4.78, 5) is 33.1. The van der Waals surface area contributed by atoms with Crippen LogP contribution in [0.15, 0.2) is 45.5 Å². The van der Waals surface area contributed by atoms with E-state index in [1.807, 2.05) is 20.1 Å². The van der Waals surface area contributed by atoms with E-state index in [0.29, 0.717) is 40.5 Å². The number of halogens is 1. The Labute approximate surface area is 160 Å². The molecule has 0 amide bonds. The second-order valence-corrected chi connectivity index (χ2v) is 8.58. The molecule has 0 saturated heterocycles. The molecule has 2 heterocycles. The van der Waals surface area contributed by atoms with Crippen molar-refractivity contribution in [3.63, 3.8) is 0 Å². The fourth-order valence-corrected chi connectivity index (χ4v) is 4.39. The van der Waals surface area contributed by atoms with Crippen molar-refractivity contribution in [1.29, 1.82) is 0 Å². The topological polar surface area (TPSA) is 74.8 Å². The number of allylic oxidation sites excluding steroid dienone is 2. The summed E-state index contributed by atoms with van der Waals surface area (Å²) < 4.78 is 13.9. The van der Waals surface area contributed by atoms with Crippen LogP contribution in [0.25, 0.3) is 0 Å². The first-order valence-corrected chi connectivity index (χ1v) is 9.98. The number of Topliss-reactive ketones (excluding diaryl/α,β-unsaturated/α-hetero) is 1. The number of fused-ring (bicyclic) bond motifs is 1. The van der Waals surface area contributed by atoms with Crippen LogP contribution < -0.4 is 10.9 Å². The van der Waals surface area contributed by atoms with Crippen molar-refractivity contribution < 1.29 is 9.18 Å². The van der Waals surface area contributed by atoms with E-state index >= 15 is 0 Å². The van der Waals surface area contributed by atoms with Gasteiger partial charge >= 0.3 is 0 Å². The number of aromatic amines is 1. The second kappa shape index (κ2) is 6.34. The number of nitrogens with one attached hydrogen (secondary N) is 2. The normalized spacial score (nSPS) is 20.7. The van der Waals surface area contributed by atoms with E-state index in [0.717, 1.165) is 5.70 Å². The van der Waals surface area contributed by atoms with Gasteiger partial charge in [0.25, 0.3) is 5.56 Å². The molecular weight excluding hydrogens is 365 g/mol. The standard InChI is InChI=1S/C20H20FN3O2S/c1-20(2)8-12-15(13(25)9-20)14(10-5-4-6-11(21)7-10)16-17(22-12)23-19(27-3)24-18(16)26/h4-7,14H,8-9H2,1-3H3,(H2,22,23,24,26). The Morgan fingerprint density at radius 1 is 1.26 bits per heavy atom. The second-order valence-electron chi connectivity index (χ2n) is 7.78. The molecule has 1 aliphatic heterocycles. The molecule has 1 atom stereocenters. The summed E-state index contributed by atoms with van der Waals surface area (Å²) in [6.45, 7) is 4.09. The van der Waals surface area contributed by atoms with Crippen molar-refractivity contribution in [2.75, 3.05) is 11.6 Å². The molecule has 1 aliphatic carbocycles. The van der Waals surface area contributed by atoms with Gasteiger partial charge in [-0.3, -0.25) is 9.59 Å². The molecule has 2 aromatic rings. The van der Waals surface area contributed by atoms with Crippen molar-refractivity contribution in [2.24, 2.45) is 5.41 Å². The molecule has 7 heteroatoms. The Bertz CT molecular complexity index is 1040. The van der Waals surface area contributed by atoms with E-state index in [1.165, 1.54) is 23.9 Å². The van der Waals surface area contributed by atoms with Gasteiger partial charge in [0.1, 0.15) is 11.6 Å². The Balaban J connectivity index is 1.99. The molecular formula is C20H20FN3O2S. The lowest BCUT2D eigenvalue weighted by atomic mass is 9.69. The summed E-state index contributed by atoms with van der Waals surface area (Å²) in [6, 6.07) is 6.09. The summed E-state index contributed by atoms with van der Waals surface area (Å²) in [6.07, 6.45) is 2.89. The number of rotatable bonds is 2. The SMILES string of the molecule is CSc1nc2c(c(=O)[nH]1)C(c1cccc(F)c1)C1=C(CC(C)(C)CC1=O)N2. The highest BCUT2D eigenvalue weighted by atomic mass is 32.2. The summed E-state index contributed by atoms with van der Waals surface area (Å²) in [5.41, 5.74) is 1.79. The van der Waals surface area contributed by atoms with Crippen LogP contribution in [0.2, 0.25) is 0 Å². The maximum absolute atomic E-state index is 13.9. The van der Waals surface area contributed by atoms with Crippen LogP contribution in [0.3, 0.4) is 0 Å². The molecule has 5 nitrogen and oxygen atoms in total. The zero-order valence-electron chi connectivity index (χ0n) is 15.4. The van der Waals surface area contributed by atoms with Gasteiger partial charge < -0.3 is 10.3 Å². The van der Waals surface area contributed by atoms with Crippen molar-refractivity contribution in [3.05, 3.63) is 62.8 Å². The molecule has 0 bridgehead atoms. The Morgan fingerprint density at radius 2 is 2.04 bits per heavy atom. The highest BCUT2D eigenvalue weighted by Gasteiger charge is 2.42. The van der Waals surface area contributed by atoms with E-state index in [9.17, 15) is 14.0 Å². The van der Waals surface area contributed by atoms with Crippen molar-refractivity contribution >= 4 is 23.4 Å². The van der Waals surface area contributed by atoms with E-state index in [2.05, 4.69) is 15.3 Å². The third kappa shape index (κ3) is 3.10. The lowest BCUT2D eigenvalue weighted by Crippen LogP contribution is -2.37. The first-order chi connectivity index (χ1) is 12.8. The van der Waals surface area contributed by atoms with Gasteiger partial charge in [-0.15, -0.1) is 0 Å². The third-order valence-corrected chi connectivity index (χ3v) is 5.66. The van der Waals surface area contributed by atoms with E-state index < -0.39 is 11.7 Å². The molecule has 0 radical (unpaired) electrons. The number of carbonyl (C=O) groups excluding carboxylic acids is 1. The molecule has 0 spiro atoms. The highest BCUT2D eigenvalue weighted by molar-refractivity contribution is 7.98. The number of thioether (sulfide) groups is 1. The highest BCUT2D eigenvalue weighted by Crippen LogP contribution is 2.47. The van der Waals surface area contributed by atoms with Crippen LogP contribution in [-0.4, -0.2) is 22.0 Å². The van der Waals surface area contributed by atoms with Crippen LogP contribution in [0.1, 0.15) is 43.7 Å². The average Bonchev–Trinajstić information content (AvgIpc) is 2.58. The smallest absolute Gasteiger partial charge is 0.257 e. The van der Waals surface area contributed by atoms with Gasteiger partial charge in [-0.05, 0) is 35.8 Å². The van der Waals surface area contributed by atoms with Gasteiger partial charge in [0.2, 0.25) is 0 Å². The number of hydrogen-bond donors (Lipinski definition) is 2. The Hall–Kier alpha value is -2.41. The van der Waals surface area contributed by atoms with Crippen molar-refractivity contribution in [1.82, 2.24) is 9.97 Å². The maximum Gasteiger partial charge on any atom is 0.257 e. The number of ketones is 1. The molecule has 4 rings (SSSR count). The van der Waals surface area contributed by atoms with Crippen LogP contribution in [-0.2, 0) is 4.79 Å². The summed E-state index contributed by atoms with van der Waals surface area (Å²) >= 11 is 1.34. The van der Waals surface area contributed by atoms with Crippen molar-refractivity contribution in [2.45, 2.75) is 37.8 Å². The van der Waals surface area contributed by atoms with Gasteiger partial charge in [-0.2, -0.15) is 0 Å². The molecule has 0 fully saturated rings. The number of aromatic nitrogens is 2. The maximum atomic E-state index is 13.9. The zero-order chi connectivity index (χ0) is 19.3. The van der Waals surface area contributed by atoms with Crippen LogP contribution in [0, 0.1) is 11.2 Å². The summed E-state index contributed by atoms with van der Waals surface area (Å²) in [5, 5.41) is 3.73. The van der Waals surface area contributed by atoms with Gasteiger partial charge in [-0.25, -0.2) is 9.37 Å². The molecule has 0 saturated carbocycles. The number of hydrogen-bond acceptors (Lipinski definition) is 5. The first kappa shape index (κ1) is 18.0. The van der Waals surface area contributed by atoms with E-state index in [4.69, 9.17) is 0 Å². The quantitative estimate of drug-likeness (QED) is 0.607. The molecule has 2 N–H and O–H groups in total. The Morgan fingerprint density at radius 3 is 2.74 bits per heavy atom. The molecule has 27 heavy (non-hydrogen) atoms. The molecule has 2 aliphatic rings.